The number of aromatic hydroxyl groups is 1. The Morgan fingerprint density at radius 1 is 1.14 bits per heavy atom. The van der Waals surface area contributed by atoms with E-state index in [-0.39, 0.29) is 23.2 Å². The first kappa shape index (κ1) is 30.3. The van der Waals surface area contributed by atoms with Crippen molar-refractivity contribution in [3.63, 3.8) is 0 Å². The van der Waals surface area contributed by atoms with Crippen LogP contribution in [-0.4, -0.2) is 70.7 Å². The number of esters is 1. The number of aromatic nitrogens is 4. The number of carbonyl (C=O) groups excluding carboxylic acids is 1. The highest BCUT2D eigenvalue weighted by atomic mass is 32.2. The first-order valence-corrected chi connectivity index (χ1v) is 15.6. The minimum Gasteiger partial charge on any atom is -0.508 e. The molecule has 3 aromatic heterocycles. The lowest BCUT2D eigenvalue weighted by atomic mass is 10.1. The number of aryl methyl sites for hydroxylation is 1. The van der Waals surface area contributed by atoms with E-state index in [1.165, 1.54) is 18.4 Å². The molecule has 2 aromatic carbocycles. The van der Waals surface area contributed by atoms with Gasteiger partial charge in [-0.1, -0.05) is 24.3 Å². The van der Waals surface area contributed by atoms with Crippen LogP contribution in [0, 0.1) is 0 Å². The molecule has 4 heterocycles. The highest BCUT2D eigenvalue weighted by molar-refractivity contribution is 7.82. The van der Waals surface area contributed by atoms with Gasteiger partial charge in [0.1, 0.15) is 22.4 Å². The van der Waals surface area contributed by atoms with Crippen LogP contribution < -0.4 is 5.32 Å². The summed E-state index contributed by atoms with van der Waals surface area (Å²) in [6.45, 7) is 1.35. The molecule has 0 bridgehead atoms. The van der Waals surface area contributed by atoms with Gasteiger partial charge in [0.05, 0.1) is 23.4 Å². The number of hydrogen-bond acceptors (Lipinski definition) is 9. The van der Waals surface area contributed by atoms with Crippen molar-refractivity contribution in [2.45, 2.75) is 36.6 Å². The summed E-state index contributed by atoms with van der Waals surface area (Å²) in [7, 11) is 0.131. The number of methoxy groups -OCH3 is 1. The molecule has 0 amide bonds. The lowest BCUT2D eigenvalue weighted by Gasteiger charge is -2.31. The van der Waals surface area contributed by atoms with Crippen LogP contribution in [0.4, 0.5) is 5.95 Å². The normalized spacial score (nSPS) is 14.7. The standard InChI is InChI=1S/C30H30N6O4S2.H2O/c1-40-26(38)10-7-20-5-8-24(9-6-20)42(39)35-15-12-22(13-16-35)32-29-31-14-11-25(33-29)28-27(21-3-2-4-23(37)19-21)34-30-36(28)17-18-41-30;/h2-6,8-9,11,14,17-19,22,37H,7,10,12-13,15-16H2,1H3,(H,31,32,33);1H2. The predicted octanol–water partition coefficient (Wildman–Crippen LogP) is 4.11. The Hall–Kier alpha value is -4.17. The topological polar surface area (TPSA) is 153 Å². The van der Waals surface area contributed by atoms with Crippen LogP contribution in [0.15, 0.2) is 77.3 Å². The van der Waals surface area contributed by atoms with E-state index in [0.717, 1.165) is 50.9 Å². The second kappa shape index (κ2) is 13.4. The number of ether oxygens (including phenoxy) is 1. The molecule has 4 N–H and O–H groups in total. The molecule has 224 valence electrons. The molecule has 0 spiro atoms. The van der Waals surface area contributed by atoms with E-state index in [0.29, 0.717) is 31.9 Å². The number of fused-ring (bicyclic) bond motifs is 1. The molecule has 1 atom stereocenters. The molecule has 1 unspecified atom stereocenters. The number of benzene rings is 2. The van der Waals surface area contributed by atoms with Crippen molar-refractivity contribution < 1.29 is 24.3 Å². The van der Waals surface area contributed by atoms with E-state index in [4.69, 9.17) is 14.7 Å². The second-order valence-electron chi connectivity index (χ2n) is 10.00. The van der Waals surface area contributed by atoms with E-state index >= 15 is 0 Å². The molecule has 11 nitrogen and oxygen atoms in total. The Labute approximate surface area is 255 Å². The fourth-order valence-corrected chi connectivity index (χ4v) is 6.99. The van der Waals surface area contributed by atoms with Gasteiger partial charge in [-0.3, -0.25) is 9.20 Å². The largest absolute Gasteiger partial charge is 0.508 e. The van der Waals surface area contributed by atoms with Gasteiger partial charge in [0.2, 0.25) is 5.95 Å². The summed E-state index contributed by atoms with van der Waals surface area (Å²) < 4.78 is 21.9. The maximum atomic E-state index is 13.2. The molecular formula is C30H32N6O5S2. The van der Waals surface area contributed by atoms with E-state index in [1.807, 2.05) is 56.7 Å². The summed E-state index contributed by atoms with van der Waals surface area (Å²) in [6, 6.07) is 16.7. The molecule has 5 aromatic rings. The third-order valence-corrected chi connectivity index (χ3v) is 9.54. The Morgan fingerprint density at radius 2 is 1.93 bits per heavy atom. The lowest BCUT2D eigenvalue weighted by Crippen LogP contribution is -2.40. The van der Waals surface area contributed by atoms with Gasteiger partial charge >= 0.3 is 5.97 Å². The monoisotopic (exact) mass is 620 g/mol. The van der Waals surface area contributed by atoms with E-state index in [9.17, 15) is 14.1 Å². The lowest BCUT2D eigenvalue weighted by molar-refractivity contribution is -0.140. The van der Waals surface area contributed by atoms with Crippen molar-refractivity contribution in [2.24, 2.45) is 0 Å². The SMILES string of the molecule is COC(=O)CCc1ccc(S(=O)N2CCC(Nc3nccc(-c4c(-c5cccc(O)c5)nc5sccn45)n3)CC2)cc1.O. The molecule has 1 saturated heterocycles. The van der Waals surface area contributed by atoms with Gasteiger partial charge in [0.15, 0.2) is 4.96 Å². The number of rotatable bonds is 9. The van der Waals surface area contributed by atoms with Crippen molar-refractivity contribution in [2.75, 3.05) is 25.5 Å². The molecule has 0 aliphatic carbocycles. The van der Waals surface area contributed by atoms with Gasteiger partial charge in [-0.05, 0) is 55.2 Å². The number of phenolic OH excluding ortho intramolecular Hbond substituents is 1. The molecule has 13 heteroatoms. The summed E-state index contributed by atoms with van der Waals surface area (Å²) in [5, 5.41) is 15.5. The zero-order chi connectivity index (χ0) is 29.1. The first-order valence-electron chi connectivity index (χ1n) is 13.7. The van der Waals surface area contributed by atoms with Crippen molar-refractivity contribution in [3.05, 3.63) is 77.9 Å². The number of nitrogens with one attached hydrogen (secondary N) is 1. The molecule has 1 fully saturated rings. The average Bonchev–Trinajstić information content (AvgIpc) is 3.62. The van der Waals surface area contributed by atoms with Crippen molar-refractivity contribution in [1.82, 2.24) is 23.7 Å². The molecule has 43 heavy (non-hydrogen) atoms. The first-order chi connectivity index (χ1) is 20.5. The van der Waals surface area contributed by atoms with Crippen LogP contribution >= 0.6 is 11.3 Å². The van der Waals surface area contributed by atoms with Crippen LogP contribution in [0.2, 0.25) is 0 Å². The number of phenols is 1. The zero-order valence-corrected chi connectivity index (χ0v) is 25.1. The zero-order valence-electron chi connectivity index (χ0n) is 23.5. The quantitative estimate of drug-likeness (QED) is 0.234. The number of carbonyl (C=O) groups is 1. The van der Waals surface area contributed by atoms with E-state index in [2.05, 4.69) is 10.3 Å². The summed E-state index contributed by atoms with van der Waals surface area (Å²) >= 11 is 1.54. The smallest absolute Gasteiger partial charge is 0.305 e. The average molecular weight is 621 g/mol. The number of hydrogen-bond donors (Lipinski definition) is 2. The van der Waals surface area contributed by atoms with E-state index in [1.54, 1.807) is 24.4 Å². The Balaban J connectivity index is 0.00000368. The van der Waals surface area contributed by atoms with Gasteiger partial charge in [-0.25, -0.2) is 23.5 Å². The molecule has 1 aliphatic rings. The van der Waals surface area contributed by atoms with Crippen molar-refractivity contribution >= 4 is 39.2 Å². The van der Waals surface area contributed by atoms with Crippen molar-refractivity contribution in [3.8, 4) is 28.4 Å². The molecule has 0 saturated carbocycles. The van der Waals surface area contributed by atoms with Crippen LogP contribution in [0.1, 0.15) is 24.8 Å². The Morgan fingerprint density at radius 3 is 2.67 bits per heavy atom. The third kappa shape index (κ3) is 6.75. The number of thiazole rings is 1. The number of nitrogens with zero attached hydrogens (tertiary/aromatic N) is 5. The minimum absolute atomic E-state index is 0. The number of piperidine rings is 1. The van der Waals surface area contributed by atoms with Crippen LogP contribution in [-0.2, 0) is 26.9 Å². The fourth-order valence-electron chi connectivity index (χ4n) is 5.06. The summed E-state index contributed by atoms with van der Waals surface area (Å²) in [5.41, 5.74) is 4.13. The van der Waals surface area contributed by atoms with Crippen LogP contribution in [0.3, 0.4) is 0 Å². The predicted molar refractivity (Wildman–Crippen MR) is 166 cm³/mol. The third-order valence-electron chi connectivity index (χ3n) is 7.27. The number of imidazole rings is 1. The maximum absolute atomic E-state index is 13.2. The minimum atomic E-state index is -1.25. The van der Waals surface area contributed by atoms with E-state index < -0.39 is 11.0 Å². The second-order valence-corrected chi connectivity index (χ2v) is 12.4. The summed E-state index contributed by atoms with van der Waals surface area (Å²) in [4.78, 5) is 27.1. The molecule has 6 rings (SSSR count). The van der Waals surface area contributed by atoms with Gasteiger partial charge in [0, 0.05) is 48.9 Å². The summed E-state index contributed by atoms with van der Waals surface area (Å²) in [5.74, 6) is 0.470. The van der Waals surface area contributed by atoms with Crippen LogP contribution in [0.5, 0.6) is 5.75 Å². The fraction of sp³-hybridized carbons (Fsp3) is 0.267. The highest BCUT2D eigenvalue weighted by Crippen LogP contribution is 2.35. The summed E-state index contributed by atoms with van der Waals surface area (Å²) in [6.07, 6.45) is 6.22. The Bertz CT molecular complexity index is 1730. The van der Waals surface area contributed by atoms with Gasteiger partial charge in [-0.15, -0.1) is 11.3 Å². The molecule has 0 radical (unpaired) electrons. The van der Waals surface area contributed by atoms with Crippen LogP contribution in [0.25, 0.3) is 27.6 Å². The van der Waals surface area contributed by atoms with Gasteiger partial charge in [-0.2, -0.15) is 0 Å². The van der Waals surface area contributed by atoms with Crippen molar-refractivity contribution in [1.29, 1.82) is 0 Å². The van der Waals surface area contributed by atoms with Gasteiger partial charge in [0.25, 0.3) is 0 Å². The Kier molecular flexibility index (Phi) is 9.46. The number of anilines is 1. The van der Waals surface area contributed by atoms with Gasteiger partial charge < -0.3 is 20.6 Å². The molecular weight excluding hydrogens is 589 g/mol. The highest BCUT2D eigenvalue weighted by Gasteiger charge is 2.25. The molecule has 1 aliphatic heterocycles. The maximum Gasteiger partial charge on any atom is 0.305 e.